The minimum Gasteiger partial charge on any atom is -0.366 e. The van der Waals surface area contributed by atoms with Gasteiger partial charge < -0.3 is 10.2 Å². The van der Waals surface area contributed by atoms with Crippen LogP contribution < -0.4 is 10.2 Å². The van der Waals surface area contributed by atoms with Gasteiger partial charge in [-0.25, -0.2) is 0 Å². The summed E-state index contributed by atoms with van der Waals surface area (Å²) >= 11 is 0. The maximum atomic E-state index is 3.82. The number of benzene rings is 1. The molecule has 1 N–H and O–H groups in total. The number of hydrogen-bond acceptors (Lipinski definition) is 2. The van der Waals surface area contributed by atoms with Gasteiger partial charge in [0.05, 0.1) is 0 Å². The summed E-state index contributed by atoms with van der Waals surface area (Å²) in [7, 11) is 0. The van der Waals surface area contributed by atoms with E-state index >= 15 is 0 Å². The van der Waals surface area contributed by atoms with Gasteiger partial charge >= 0.3 is 0 Å². The van der Waals surface area contributed by atoms with E-state index in [1.807, 2.05) is 0 Å². The molecule has 1 saturated carbocycles. The van der Waals surface area contributed by atoms with Crippen LogP contribution >= 0.6 is 0 Å². The average Bonchev–Trinajstić information content (AvgIpc) is 2.49. The third-order valence-electron chi connectivity index (χ3n) is 5.24. The number of anilines is 1. The molecule has 1 heterocycles. The lowest BCUT2D eigenvalue weighted by atomic mass is 9.82. The van der Waals surface area contributed by atoms with Crippen LogP contribution in [0.5, 0.6) is 0 Å². The van der Waals surface area contributed by atoms with Crippen molar-refractivity contribution in [3.8, 4) is 0 Å². The van der Waals surface area contributed by atoms with Crippen molar-refractivity contribution >= 4 is 5.69 Å². The Hall–Kier alpha value is -1.02. The van der Waals surface area contributed by atoms with Crippen LogP contribution in [-0.4, -0.2) is 25.2 Å². The van der Waals surface area contributed by atoms with Crippen molar-refractivity contribution in [1.29, 1.82) is 0 Å². The zero-order valence-electron chi connectivity index (χ0n) is 12.9. The summed E-state index contributed by atoms with van der Waals surface area (Å²) in [5.74, 6) is 0.891. The van der Waals surface area contributed by atoms with E-state index in [1.165, 1.54) is 49.9 Å². The van der Waals surface area contributed by atoms with Crippen molar-refractivity contribution < 1.29 is 0 Å². The summed E-state index contributed by atoms with van der Waals surface area (Å²) in [5.41, 5.74) is 2.84. The second-order valence-corrected chi connectivity index (χ2v) is 6.70. The Bertz CT molecular complexity index is 437. The molecule has 0 amide bonds. The van der Waals surface area contributed by atoms with Crippen LogP contribution in [0.4, 0.5) is 5.69 Å². The van der Waals surface area contributed by atoms with Gasteiger partial charge in [-0.2, -0.15) is 0 Å². The van der Waals surface area contributed by atoms with Gasteiger partial charge in [-0.05, 0) is 44.2 Å². The van der Waals surface area contributed by atoms with Crippen molar-refractivity contribution in [2.45, 2.75) is 58.0 Å². The SMILES string of the molecule is Cc1ccccc1N1CC(C2CCCCC2)NCC1C. The highest BCUT2D eigenvalue weighted by molar-refractivity contribution is 5.54. The highest BCUT2D eigenvalue weighted by Gasteiger charge is 2.31. The van der Waals surface area contributed by atoms with Gasteiger partial charge in [-0.3, -0.25) is 0 Å². The van der Waals surface area contributed by atoms with Gasteiger partial charge in [-0.1, -0.05) is 37.5 Å². The van der Waals surface area contributed by atoms with E-state index in [1.54, 1.807) is 0 Å². The number of rotatable bonds is 2. The molecular formula is C18H28N2. The van der Waals surface area contributed by atoms with Gasteiger partial charge in [0.1, 0.15) is 0 Å². The lowest BCUT2D eigenvalue weighted by Gasteiger charge is -2.44. The fraction of sp³-hybridized carbons (Fsp3) is 0.667. The van der Waals surface area contributed by atoms with Crippen LogP contribution in [0.3, 0.4) is 0 Å². The molecule has 3 rings (SSSR count). The van der Waals surface area contributed by atoms with E-state index in [0.29, 0.717) is 12.1 Å². The van der Waals surface area contributed by atoms with Crippen LogP contribution in [0.15, 0.2) is 24.3 Å². The van der Waals surface area contributed by atoms with Crippen molar-refractivity contribution in [3.63, 3.8) is 0 Å². The first kappa shape index (κ1) is 13.9. The fourth-order valence-corrected chi connectivity index (χ4v) is 3.96. The summed E-state index contributed by atoms with van der Waals surface area (Å²) < 4.78 is 0. The molecule has 1 aliphatic carbocycles. The van der Waals surface area contributed by atoms with Crippen molar-refractivity contribution in [2.75, 3.05) is 18.0 Å². The summed E-state index contributed by atoms with van der Waals surface area (Å²) in [6.07, 6.45) is 7.16. The number of nitrogens with one attached hydrogen (secondary N) is 1. The molecule has 0 bridgehead atoms. The molecule has 2 heteroatoms. The first-order valence-electron chi connectivity index (χ1n) is 8.31. The van der Waals surface area contributed by atoms with Crippen molar-refractivity contribution in [2.24, 2.45) is 5.92 Å². The van der Waals surface area contributed by atoms with Crippen LogP contribution in [0.2, 0.25) is 0 Å². The minimum absolute atomic E-state index is 0.593. The summed E-state index contributed by atoms with van der Waals surface area (Å²) in [4.78, 5) is 2.63. The third-order valence-corrected chi connectivity index (χ3v) is 5.24. The number of piperazine rings is 1. The molecular weight excluding hydrogens is 244 g/mol. The van der Waals surface area contributed by atoms with Gasteiger partial charge in [-0.15, -0.1) is 0 Å². The van der Waals surface area contributed by atoms with E-state index in [0.717, 1.165) is 12.5 Å². The van der Waals surface area contributed by atoms with E-state index in [9.17, 15) is 0 Å². The molecule has 2 fully saturated rings. The zero-order valence-corrected chi connectivity index (χ0v) is 12.9. The van der Waals surface area contributed by atoms with Crippen LogP contribution in [0, 0.1) is 12.8 Å². The Kier molecular flexibility index (Phi) is 4.30. The highest BCUT2D eigenvalue weighted by Crippen LogP contribution is 2.30. The predicted molar refractivity (Wildman–Crippen MR) is 86.4 cm³/mol. The Labute approximate surface area is 123 Å². The second kappa shape index (κ2) is 6.17. The maximum Gasteiger partial charge on any atom is 0.0399 e. The topological polar surface area (TPSA) is 15.3 Å². The normalized spacial score (nSPS) is 28.6. The van der Waals surface area contributed by atoms with Crippen LogP contribution in [-0.2, 0) is 0 Å². The monoisotopic (exact) mass is 272 g/mol. The minimum atomic E-state index is 0.593. The van der Waals surface area contributed by atoms with Gasteiger partial charge in [0.25, 0.3) is 0 Å². The quantitative estimate of drug-likeness (QED) is 0.882. The molecule has 2 nitrogen and oxygen atoms in total. The Balaban J connectivity index is 1.74. The van der Waals surface area contributed by atoms with Gasteiger partial charge in [0.2, 0.25) is 0 Å². The first-order chi connectivity index (χ1) is 9.75. The molecule has 110 valence electrons. The summed E-state index contributed by atoms with van der Waals surface area (Å²) in [6.45, 7) is 6.88. The average molecular weight is 272 g/mol. The molecule has 0 aromatic heterocycles. The number of aryl methyl sites for hydroxylation is 1. The first-order valence-corrected chi connectivity index (χ1v) is 8.31. The fourth-order valence-electron chi connectivity index (χ4n) is 3.96. The molecule has 2 unspecified atom stereocenters. The van der Waals surface area contributed by atoms with E-state index in [2.05, 4.69) is 48.3 Å². The summed E-state index contributed by atoms with van der Waals surface area (Å²) in [6, 6.07) is 10.1. The molecule has 2 atom stereocenters. The molecule has 1 aromatic rings. The van der Waals surface area contributed by atoms with Gasteiger partial charge in [0, 0.05) is 30.9 Å². The largest absolute Gasteiger partial charge is 0.366 e. The number of para-hydroxylation sites is 1. The smallest absolute Gasteiger partial charge is 0.0399 e. The summed E-state index contributed by atoms with van der Waals surface area (Å²) in [5, 5.41) is 3.82. The molecule has 0 spiro atoms. The number of nitrogens with zero attached hydrogens (tertiary/aromatic N) is 1. The molecule has 20 heavy (non-hydrogen) atoms. The standard InChI is InChI=1S/C18H28N2/c1-14-8-6-7-11-18(14)20-13-17(19-12-15(20)2)16-9-4-3-5-10-16/h6-8,11,15-17,19H,3-5,9-10,12-13H2,1-2H3. The van der Waals surface area contributed by atoms with Crippen molar-refractivity contribution in [1.82, 2.24) is 5.32 Å². The lowest BCUT2D eigenvalue weighted by molar-refractivity contribution is 0.245. The molecule has 2 aliphatic rings. The van der Waals surface area contributed by atoms with E-state index in [4.69, 9.17) is 0 Å². The van der Waals surface area contributed by atoms with E-state index in [-0.39, 0.29) is 0 Å². The van der Waals surface area contributed by atoms with Crippen LogP contribution in [0.1, 0.15) is 44.6 Å². The number of hydrogen-bond donors (Lipinski definition) is 1. The molecule has 0 radical (unpaired) electrons. The predicted octanol–water partition coefficient (Wildman–Crippen LogP) is 3.74. The Morgan fingerprint density at radius 1 is 1.10 bits per heavy atom. The maximum absolute atomic E-state index is 3.82. The second-order valence-electron chi connectivity index (χ2n) is 6.70. The molecule has 1 aliphatic heterocycles. The Morgan fingerprint density at radius 3 is 2.60 bits per heavy atom. The molecule has 1 saturated heterocycles. The zero-order chi connectivity index (χ0) is 13.9. The lowest BCUT2D eigenvalue weighted by Crippen LogP contribution is -2.58. The third kappa shape index (κ3) is 2.85. The Morgan fingerprint density at radius 2 is 1.85 bits per heavy atom. The van der Waals surface area contributed by atoms with Crippen molar-refractivity contribution in [3.05, 3.63) is 29.8 Å². The van der Waals surface area contributed by atoms with Crippen LogP contribution in [0.25, 0.3) is 0 Å². The van der Waals surface area contributed by atoms with E-state index < -0.39 is 0 Å². The van der Waals surface area contributed by atoms with Gasteiger partial charge in [0.15, 0.2) is 0 Å². The molecule has 1 aromatic carbocycles. The highest BCUT2D eigenvalue weighted by atomic mass is 15.2.